The number of nitrogens with zero attached hydrogens (tertiary/aromatic N) is 6. The summed E-state index contributed by atoms with van der Waals surface area (Å²) in [5.41, 5.74) is 18.0. The van der Waals surface area contributed by atoms with Crippen molar-refractivity contribution < 1.29 is 59.4 Å². The van der Waals surface area contributed by atoms with E-state index >= 15 is 0 Å². The van der Waals surface area contributed by atoms with Crippen LogP contribution in [-0.2, 0) is 39.0 Å². The predicted octanol–water partition coefficient (Wildman–Crippen LogP) is 11.2. The van der Waals surface area contributed by atoms with Crippen LogP contribution in [-0.4, -0.2) is 23.6 Å². The molecule has 10 nitrogen and oxygen atoms in total. The van der Waals surface area contributed by atoms with Gasteiger partial charge in [0.25, 0.3) is 0 Å². The molecule has 2 radical (unpaired) electrons. The van der Waals surface area contributed by atoms with Gasteiger partial charge in [-0.05, 0) is 203 Å². The molecule has 6 aromatic rings. The molecule has 0 atom stereocenters. The van der Waals surface area contributed by atoms with Gasteiger partial charge in [0.1, 0.15) is 0 Å². The summed E-state index contributed by atoms with van der Waals surface area (Å²) in [6.07, 6.45) is 0. The van der Waals surface area contributed by atoms with Gasteiger partial charge in [-0.2, -0.15) is 10.5 Å². The van der Waals surface area contributed by atoms with Gasteiger partial charge in [0.2, 0.25) is 0 Å². The van der Waals surface area contributed by atoms with Gasteiger partial charge in [-0.1, -0.05) is 107 Å². The van der Waals surface area contributed by atoms with Gasteiger partial charge in [0, 0.05) is 0 Å². The molecule has 370 valence electrons. The quantitative estimate of drug-likeness (QED) is 0.0959. The summed E-state index contributed by atoms with van der Waals surface area (Å²) in [7, 11) is 0. The summed E-state index contributed by atoms with van der Waals surface area (Å²) in [6, 6.07) is 38.6. The normalized spacial score (nSPS) is 10.6. The summed E-state index contributed by atoms with van der Waals surface area (Å²) < 4.78 is 0. The Morgan fingerprint density at radius 3 is 0.600 bits per heavy atom. The first kappa shape index (κ1) is 65.5. The maximum atomic E-state index is 10.8. The molecule has 0 spiro atoms. The van der Waals surface area contributed by atoms with E-state index in [1.165, 1.54) is 49.9 Å². The number of hydrogen-bond acceptors (Lipinski definition) is 10. The van der Waals surface area contributed by atoms with Crippen LogP contribution in [0.2, 0.25) is 0 Å². The SMILES string of the molecule is CC([O-])=Nc1c(C)cc(C)cc1C.CC([O-])=Nc1c(C)cc(C)cc1C.CC([O-])=Nc1c(C)cc(C)cc1C.CC([O-])=Nc1c(C)cc(C)cc1C.N#Cc1ccccc1.N#Cc1ccccc1.[Rh+2].[Rh+2]. The molecule has 0 fully saturated rings. The Labute approximate surface area is 443 Å². The molecular formula is C58H66N6O4Rh2. The van der Waals surface area contributed by atoms with Crippen LogP contribution in [0.4, 0.5) is 22.7 Å². The van der Waals surface area contributed by atoms with E-state index in [0.717, 1.165) is 67.3 Å². The third-order valence-corrected chi connectivity index (χ3v) is 9.42. The Bertz CT molecular complexity index is 2360. The Hall–Kier alpha value is -6.57. The summed E-state index contributed by atoms with van der Waals surface area (Å²) in [5, 5.41) is 59.9. The van der Waals surface area contributed by atoms with Crippen molar-refractivity contribution in [2.24, 2.45) is 20.0 Å². The number of benzene rings is 6. The zero-order valence-electron chi connectivity index (χ0n) is 43.4. The maximum Gasteiger partial charge on any atom is 2.00 e. The Kier molecular flexibility index (Phi) is 31.7. The first-order valence-electron chi connectivity index (χ1n) is 22.0. The van der Waals surface area contributed by atoms with Crippen molar-refractivity contribution in [3.63, 3.8) is 0 Å². The van der Waals surface area contributed by atoms with Crippen LogP contribution in [0.25, 0.3) is 0 Å². The molecule has 6 aromatic carbocycles. The standard InChI is InChI=1S/4C11H15NO.2C7H5N.2Rh/c4*1-7-5-8(2)11(9(3)6-7)12-10(4)13;2*8-6-7-4-2-1-3-5-7;;/h4*5-6H,1-4H3,(H,12,13);2*1-5H;;/q;;;;;;2*+2/p-4. The monoisotopic (exact) mass is 1120 g/mol. The molecule has 0 aliphatic rings. The van der Waals surface area contributed by atoms with Crippen molar-refractivity contribution in [2.45, 2.75) is 111 Å². The molecule has 70 heavy (non-hydrogen) atoms. The van der Waals surface area contributed by atoms with Gasteiger partial charge in [-0.15, -0.1) is 0 Å². The fourth-order valence-corrected chi connectivity index (χ4v) is 7.05. The maximum absolute atomic E-state index is 10.8. The fraction of sp³-hybridized carbons (Fsp3) is 0.276. The van der Waals surface area contributed by atoms with Gasteiger partial charge < -0.3 is 20.4 Å². The molecule has 0 bridgehead atoms. The molecule has 12 heteroatoms. The molecule has 0 saturated heterocycles. The Balaban J connectivity index is 0. The first-order valence-corrected chi connectivity index (χ1v) is 22.0. The van der Waals surface area contributed by atoms with Crippen LogP contribution in [0.3, 0.4) is 0 Å². The number of nitriles is 2. The first-order chi connectivity index (χ1) is 31.9. The Morgan fingerprint density at radius 1 is 0.329 bits per heavy atom. The minimum Gasteiger partial charge on any atom is -0.862 e. The molecule has 0 aromatic heterocycles. The van der Waals surface area contributed by atoms with Gasteiger partial charge in [-0.3, -0.25) is 20.0 Å². The van der Waals surface area contributed by atoms with Gasteiger partial charge in [0.05, 0.1) is 46.0 Å². The van der Waals surface area contributed by atoms with Crippen molar-refractivity contribution in [1.29, 1.82) is 10.5 Å². The smallest absolute Gasteiger partial charge is 0.862 e. The largest absolute Gasteiger partial charge is 2.00 e. The van der Waals surface area contributed by atoms with E-state index in [1.807, 2.05) is 180 Å². The summed E-state index contributed by atoms with van der Waals surface area (Å²) in [4.78, 5) is 15.8. The molecule has 0 aliphatic heterocycles. The number of aliphatic imine (C=N–C) groups is 4. The molecule has 0 amide bonds. The molecule has 0 heterocycles. The molecule has 0 saturated carbocycles. The second-order valence-electron chi connectivity index (χ2n) is 16.5. The van der Waals surface area contributed by atoms with E-state index in [0.29, 0.717) is 11.1 Å². The number of aryl methyl sites for hydroxylation is 12. The van der Waals surface area contributed by atoms with Gasteiger partial charge in [0.15, 0.2) is 0 Å². The van der Waals surface area contributed by atoms with Gasteiger partial charge >= 0.3 is 39.0 Å². The Morgan fingerprint density at radius 2 is 0.486 bits per heavy atom. The van der Waals surface area contributed by atoms with E-state index in [1.54, 1.807) is 24.3 Å². The molecule has 6 rings (SSSR count). The molecular weight excluding hydrogens is 1050 g/mol. The van der Waals surface area contributed by atoms with Crippen LogP contribution >= 0.6 is 0 Å². The zero-order chi connectivity index (χ0) is 51.7. The van der Waals surface area contributed by atoms with E-state index in [-0.39, 0.29) is 62.5 Å². The summed E-state index contributed by atoms with van der Waals surface area (Å²) in [6.45, 7) is 29.8. The van der Waals surface area contributed by atoms with Crippen molar-refractivity contribution in [3.8, 4) is 12.1 Å². The minimum absolute atomic E-state index is 0. The van der Waals surface area contributed by atoms with Crippen molar-refractivity contribution in [2.75, 3.05) is 0 Å². The number of hydrogen-bond donors (Lipinski definition) is 0. The van der Waals surface area contributed by atoms with Crippen molar-refractivity contribution >= 4 is 46.3 Å². The van der Waals surface area contributed by atoms with Crippen molar-refractivity contribution in [3.05, 3.63) is 187 Å². The molecule has 0 unspecified atom stereocenters. The second-order valence-corrected chi connectivity index (χ2v) is 16.5. The van der Waals surface area contributed by atoms with E-state index < -0.39 is 0 Å². The van der Waals surface area contributed by atoms with Crippen LogP contribution in [0.5, 0.6) is 0 Å². The van der Waals surface area contributed by atoms with E-state index in [4.69, 9.17) is 10.5 Å². The second kappa shape index (κ2) is 33.8. The zero-order valence-corrected chi connectivity index (χ0v) is 46.7. The molecule has 0 N–H and O–H groups in total. The van der Waals surface area contributed by atoms with E-state index in [9.17, 15) is 20.4 Å². The number of rotatable bonds is 4. The fourth-order valence-electron chi connectivity index (χ4n) is 7.05. The average molecular weight is 1120 g/mol. The minimum atomic E-state index is -0.143. The average Bonchev–Trinajstić information content (AvgIpc) is 3.25. The van der Waals surface area contributed by atoms with Crippen LogP contribution in [0.15, 0.2) is 129 Å². The van der Waals surface area contributed by atoms with Crippen LogP contribution in [0.1, 0.15) is 106 Å². The van der Waals surface area contributed by atoms with Crippen LogP contribution < -0.4 is 20.4 Å². The third-order valence-electron chi connectivity index (χ3n) is 9.42. The third kappa shape index (κ3) is 25.7. The van der Waals surface area contributed by atoms with Crippen molar-refractivity contribution in [1.82, 2.24) is 0 Å². The summed E-state index contributed by atoms with van der Waals surface area (Å²) in [5.74, 6) is -0.574. The summed E-state index contributed by atoms with van der Waals surface area (Å²) >= 11 is 0. The van der Waals surface area contributed by atoms with Gasteiger partial charge in [-0.25, -0.2) is 0 Å². The molecule has 0 aliphatic carbocycles. The topological polar surface area (TPSA) is 189 Å². The van der Waals surface area contributed by atoms with E-state index in [2.05, 4.69) is 20.0 Å². The predicted molar refractivity (Wildman–Crippen MR) is 276 cm³/mol. The van der Waals surface area contributed by atoms with Crippen LogP contribution in [0, 0.1) is 106 Å².